The Morgan fingerprint density at radius 1 is 1.60 bits per heavy atom. The number of hydrogen-bond acceptors (Lipinski definition) is 3. The Bertz CT molecular complexity index is 405. The maximum atomic E-state index is 5.53. The molecule has 3 nitrogen and oxygen atoms in total. The van der Waals surface area contributed by atoms with Crippen LogP contribution in [0, 0.1) is 0 Å². The van der Waals surface area contributed by atoms with Crippen molar-refractivity contribution in [3.63, 3.8) is 0 Å². The molecule has 3 N–H and O–H groups in total. The molecule has 0 aliphatic carbocycles. The second-order valence-electron chi connectivity index (χ2n) is 3.64. The molecule has 0 bridgehead atoms. The molecule has 15 heavy (non-hydrogen) atoms. The van der Waals surface area contributed by atoms with Gasteiger partial charge >= 0.3 is 0 Å². The lowest BCUT2D eigenvalue weighted by molar-refractivity contribution is 0.655. The summed E-state index contributed by atoms with van der Waals surface area (Å²) in [4.78, 5) is 8.96. The minimum absolute atomic E-state index is 0.406. The van der Waals surface area contributed by atoms with Crippen molar-refractivity contribution in [2.45, 2.75) is 19.3 Å². The van der Waals surface area contributed by atoms with Crippen LogP contribution >= 0.6 is 11.3 Å². The highest BCUT2D eigenvalue weighted by Crippen LogP contribution is 2.24. The third kappa shape index (κ3) is 2.27. The largest absolute Gasteiger partial charge is 0.341 e. The van der Waals surface area contributed by atoms with Gasteiger partial charge in [0.15, 0.2) is 0 Å². The molecular formula is C11H15N3S. The van der Waals surface area contributed by atoms with Crippen LogP contribution in [0.25, 0.3) is 10.6 Å². The smallest absolute Gasteiger partial charge is 0.109 e. The molecule has 4 heteroatoms. The second-order valence-corrected chi connectivity index (χ2v) is 4.59. The van der Waals surface area contributed by atoms with E-state index in [1.54, 1.807) is 11.3 Å². The van der Waals surface area contributed by atoms with Crippen molar-refractivity contribution in [3.05, 3.63) is 29.5 Å². The Morgan fingerprint density at radius 2 is 2.47 bits per heavy atom. The number of nitrogens with one attached hydrogen (secondary N) is 1. The van der Waals surface area contributed by atoms with E-state index in [1.165, 1.54) is 4.88 Å². The minimum Gasteiger partial charge on any atom is -0.341 e. The molecule has 2 aromatic heterocycles. The molecule has 1 unspecified atom stereocenters. The number of rotatable bonds is 4. The zero-order valence-electron chi connectivity index (χ0n) is 8.73. The molecular weight excluding hydrogens is 206 g/mol. The van der Waals surface area contributed by atoms with Gasteiger partial charge in [-0.1, -0.05) is 13.0 Å². The van der Waals surface area contributed by atoms with Gasteiger partial charge in [-0.3, -0.25) is 0 Å². The van der Waals surface area contributed by atoms with E-state index in [1.807, 2.05) is 12.3 Å². The van der Waals surface area contributed by atoms with Gasteiger partial charge in [0.2, 0.25) is 0 Å². The van der Waals surface area contributed by atoms with Gasteiger partial charge in [0.1, 0.15) is 5.82 Å². The number of aromatic amines is 1. The van der Waals surface area contributed by atoms with Crippen LogP contribution in [-0.2, 0) is 0 Å². The van der Waals surface area contributed by atoms with Crippen molar-refractivity contribution >= 4 is 11.3 Å². The first-order valence-electron chi connectivity index (χ1n) is 5.10. The van der Waals surface area contributed by atoms with Crippen molar-refractivity contribution in [2.24, 2.45) is 5.73 Å². The highest BCUT2D eigenvalue weighted by molar-refractivity contribution is 7.13. The molecule has 0 saturated carbocycles. The van der Waals surface area contributed by atoms with Crippen molar-refractivity contribution in [1.82, 2.24) is 9.97 Å². The average molecular weight is 221 g/mol. The third-order valence-corrected chi connectivity index (χ3v) is 3.35. The summed E-state index contributed by atoms with van der Waals surface area (Å²) < 4.78 is 0. The van der Waals surface area contributed by atoms with Gasteiger partial charge in [-0.15, -0.1) is 11.3 Å². The van der Waals surface area contributed by atoms with Crippen LogP contribution in [0.3, 0.4) is 0 Å². The van der Waals surface area contributed by atoms with E-state index in [-0.39, 0.29) is 0 Å². The zero-order valence-corrected chi connectivity index (χ0v) is 9.55. The van der Waals surface area contributed by atoms with Crippen LogP contribution in [0.5, 0.6) is 0 Å². The van der Waals surface area contributed by atoms with Crippen LogP contribution in [0.2, 0.25) is 0 Å². The van der Waals surface area contributed by atoms with Crippen molar-refractivity contribution in [2.75, 3.05) is 6.54 Å². The Hall–Kier alpha value is -1.13. The average Bonchev–Trinajstić information content (AvgIpc) is 2.89. The molecule has 0 saturated heterocycles. The Balaban J connectivity index is 2.17. The molecule has 0 spiro atoms. The predicted molar refractivity (Wildman–Crippen MR) is 64.0 cm³/mol. The van der Waals surface area contributed by atoms with Gasteiger partial charge in [0, 0.05) is 5.92 Å². The van der Waals surface area contributed by atoms with Crippen molar-refractivity contribution in [3.8, 4) is 10.6 Å². The van der Waals surface area contributed by atoms with Crippen LogP contribution in [-0.4, -0.2) is 16.5 Å². The van der Waals surface area contributed by atoms with E-state index in [9.17, 15) is 0 Å². The molecule has 0 amide bonds. The molecule has 0 aliphatic heterocycles. The first-order valence-corrected chi connectivity index (χ1v) is 5.98. The molecule has 2 heterocycles. The van der Waals surface area contributed by atoms with E-state index in [0.717, 1.165) is 17.9 Å². The highest BCUT2D eigenvalue weighted by atomic mass is 32.1. The molecule has 1 atom stereocenters. The summed E-state index contributed by atoms with van der Waals surface area (Å²) in [5, 5.41) is 2.07. The van der Waals surface area contributed by atoms with Crippen LogP contribution in [0.4, 0.5) is 0 Å². The number of thiophene rings is 1. The SMILES string of the molecule is CC(CCN)c1ncc(-c2cccs2)[nH]1. The van der Waals surface area contributed by atoms with Gasteiger partial charge in [-0.25, -0.2) is 4.98 Å². The maximum absolute atomic E-state index is 5.53. The topological polar surface area (TPSA) is 54.7 Å². The molecule has 2 rings (SSSR count). The summed E-state index contributed by atoms with van der Waals surface area (Å²) in [6, 6.07) is 4.14. The van der Waals surface area contributed by atoms with Gasteiger partial charge < -0.3 is 10.7 Å². The molecule has 80 valence electrons. The minimum atomic E-state index is 0.406. The third-order valence-electron chi connectivity index (χ3n) is 2.45. The van der Waals surface area contributed by atoms with Crippen LogP contribution in [0.1, 0.15) is 25.1 Å². The Morgan fingerprint density at radius 3 is 3.13 bits per heavy atom. The fourth-order valence-electron chi connectivity index (χ4n) is 1.53. The highest BCUT2D eigenvalue weighted by Gasteiger charge is 2.09. The molecule has 2 aromatic rings. The first kappa shape index (κ1) is 10.4. The Labute approximate surface area is 93.4 Å². The van der Waals surface area contributed by atoms with Gasteiger partial charge in [-0.2, -0.15) is 0 Å². The number of imidazole rings is 1. The molecule has 0 radical (unpaired) electrons. The predicted octanol–water partition coefficient (Wildman–Crippen LogP) is 2.59. The van der Waals surface area contributed by atoms with E-state index >= 15 is 0 Å². The Kier molecular flexibility index (Phi) is 3.18. The lowest BCUT2D eigenvalue weighted by atomic mass is 10.1. The molecule has 0 aliphatic rings. The summed E-state index contributed by atoms with van der Waals surface area (Å²) in [7, 11) is 0. The number of H-pyrrole nitrogens is 1. The van der Waals surface area contributed by atoms with Gasteiger partial charge in [0.25, 0.3) is 0 Å². The molecule has 0 aromatic carbocycles. The summed E-state index contributed by atoms with van der Waals surface area (Å²) >= 11 is 1.72. The van der Waals surface area contributed by atoms with E-state index in [2.05, 4.69) is 28.3 Å². The first-order chi connectivity index (χ1) is 7.31. The van der Waals surface area contributed by atoms with Crippen molar-refractivity contribution < 1.29 is 0 Å². The normalized spacial score (nSPS) is 12.9. The second kappa shape index (κ2) is 4.59. The zero-order chi connectivity index (χ0) is 10.7. The van der Waals surface area contributed by atoms with E-state index in [4.69, 9.17) is 5.73 Å². The monoisotopic (exact) mass is 221 g/mol. The lowest BCUT2D eigenvalue weighted by Gasteiger charge is -2.05. The lowest BCUT2D eigenvalue weighted by Crippen LogP contribution is -2.05. The summed E-state index contributed by atoms with van der Waals surface area (Å²) in [5.74, 6) is 1.44. The summed E-state index contributed by atoms with van der Waals surface area (Å²) in [6.45, 7) is 2.85. The maximum Gasteiger partial charge on any atom is 0.109 e. The van der Waals surface area contributed by atoms with Crippen LogP contribution < -0.4 is 5.73 Å². The van der Waals surface area contributed by atoms with E-state index in [0.29, 0.717) is 12.5 Å². The standard InChI is InChI=1S/C11H15N3S/c1-8(4-5-12)11-13-7-9(14-11)10-3-2-6-15-10/h2-3,6-8H,4-5,12H2,1H3,(H,13,14). The van der Waals surface area contributed by atoms with Gasteiger partial charge in [-0.05, 0) is 24.4 Å². The number of aromatic nitrogens is 2. The number of nitrogens with two attached hydrogens (primary N) is 1. The van der Waals surface area contributed by atoms with Crippen LogP contribution in [0.15, 0.2) is 23.7 Å². The molecule has 0 fully saturated rings. The number of hydrogen-bond donors (Lipinski definition) is 2. The fraction of sp³-hybridized carbons (Fsp3) is 0.364. The quantitative estimate of drug-likeness (QED) is 0.833. The fourth-order valence-corrected chi connectivity index (χ4v) is 2.22. The summed E-state index contributed by atoms with van der Waals surface area (Å²) in [6.07, 6.45) is 2.87. The summed E-state index contributed by atoms with van der Waals surface area (Å²) in [5.41, 5.74) is 6.63. The van der Waals surface area contributed by atoms with Gasteiger partial charge in [0.05, 0.1) is 16.8 Å². The van der Waals surface area contributed by atoms with Crippen molar-refractivity contribution in [1.29, 1.82) is 0 Å². The van der Waals surface area contributed by atoms with E-state index < -0.39 is 0 Å². The number of nitrogens with zero attached hydrogens (tertiary/aromatic N) is 1.